The van der Waals surface area contributed by atoms with E-state index in [0.29, 0.717) is 32.0 Å². The lowest BCUT2D eigenvalue weighted by atomic mass is 10.2. The summed E-state index contributed by atoms with van der Waals surface area (Å²) in [4.78, 5) is 28.2. The number of carbonyl (C=O) groups excluding carboxylic acids is 2. The zero-order valence-corrected chi connectivity index (χ0v) is 14.9. The first-order valence-electron chi connectivity index (χ1n) is 8.87. The van der Waals surface area contributed by atoms with Crippen molar-refractivity contribution in [3.63, 3.8) is 0 Å². The number of nitrogens with zero attached hydrogens (tertiary/aromatic N) is 3. The average molecular weight is 358 g/mol. The second kappa shape index (κ2) is 7.00. The van der Waals surface area contributed by atoms with E-state index in [2.05, 4.69) is 26.7 Å². The Morgan fingerprint density at radius 2 is 1.88 bits per heavy atom. The van der Waals surface area contributed by atoms with Crippen LogP contribution in [0.4, 0.5) is 5.82 Å². The van der Waals surface area contributed by atoms with Gasteiger partial charge in [0, 0.05) is 50.4 Å². The van der Waals surface area contributed by atoms with Gasteiger partial charge in [-0.25, -0.2) is 0 Å². The van der Waals surface area contributed by atoms with Gasteiger partial charge >= 0.3 is 0 Å². The van der Waals surface area contributed by atoms with Crippen molar-refractivity contribution in [2.45, 2.75) is 31.7 Å². The Morgan fingerprint density at radius 3 is 2.64 bits per heavy atom. The van der Waals surface area contributed by atoms with Crippen LogP contribution in [0.1, 0.15) is 25.7 Å². The molecule has 0 bridgehead atoms. The van der Waals surface area contributed by atoms with Gasteiger partial charge in [-0.05, 0) is 36.5 Å². The third-order valence-electron chi connectivity index (χ3n) is 4.80. The summed E-state index contributed by atoms with van der Waals surface area (Å²) in [5.41, 5.74) is 0. The number of hydrogen-bond acceptors (Lipinski definition) is 5. The predicted octanol–water partition coefficient (Wildman–Crippen LogP) is 2.00. The summed E-state index contributed by atoms with van der Waals surface area (Å²) < 4.78 is 5.79. The van der Waals surface area contributed by atoms with E-state index in [9.17, 15) is 9.59 Å². The minimum Gasteiger partial charge on any atom is -0.353 e. The normalized spacial score (nSPS) is 17.8. The Bertz CT molecular complexity index is 778. The van der Waals surface area contributed by atoms with Gasteiger partial charge in [-0.1, -0.05) is 12.1 Å². The third kappa shape index (κ3) is 3.76. The maximum Gasteiger partial charge on any atom is 0.223 e. The molecule has 1 aliphatic heterocycles. The molecule has 0 radical (unpaired) electrons. The van der Waals surface area contributed by atoms with Crippen LogP contribution in [0.3, 0.4) is 0 Å². The van der Waals surface area contributed by atoms with E-state index in [1.165, 1.54) is 21.6 Å². The molecule has 6 nitrogen and oxygen atoms in total. The molecule has 1 aliphatic carbocycles. The molecular formula is C18H22N4O2S. The molecule has 0 unspecified atom stereocenters. The molecule has 1 aromatic carbocycles. The van der Waals surface area contributed by atoms with Gasteiger partial charge < -0.3 is 15.1 Å². The molecule has 1 saturated carbocycles. The topological polar surface area (TPSA) is 65.5 Å². The Kier molecular flexibility index (Phi) is 4.57. The standard InChI is InChI=1S/C18H22N4O2S/c23-16(19-13-5-6-13)7-8-17(24)21-9-11-22(12-10-21)18-14-3-1-2-4-15(14)25-20-18/h1-4,13H,5-12H2,(H,19,23). The van der Waals surface area contributed by atoms with E-state index >= 15 is 0 Å². The Balaban J connectivity index is 1.29. The van der Waals surface area contributed by atoms with Crippen LogP contribution in [0.2, 0.25) is 0 Å². The van der Waals surface area contributed by atoms with E-state index in [4.69, 9.17) is 0 Å². The number of rotatable bonds is 5. The quantitative estimate of drug-likeness (QED) is 0.888. The average Bonchev–Trinajstić information content (AvgIpc) is 3.35. The van der Waals surface area contributed by atoms with Crippen molar-refractivity contribution in [2.24, 2.45) is 0 Å². The highest BCUT2D eigenvalue weighted by atomic mass is 32.1. The van der Waals surface area contributed by atoms with Gasteiger partial charge in [0.15, 0.2) is 0 Å². The van der Waals surface area contributed by atoms with Crippen LogP contribution in [0.15, 0.2) is 24.3 Å². The van der Waals surface area contributed by atoms with E-state index in [1.807, 2.05) is 17.0 Å². The lowest BCUT2D eigenvalue weighted by Crippen LogP contribution is -2.49. The third-order valence-corrected chi connectivity index (χ3v) is 5.62. The maximum absolute atomic E-state index is 12.3. The largest absolute Gasteiger partial charge is 0.353 e. The van der Waals surface area contributed by atoms with Crippen LogP contribution >= 0.6 is 11.5 Å². The maximum atomic E-state index is 12.3. The molecule has 2 fully saturated rings. The van der Waals surface area contributed by atoms with Crippen molar-refractivity contribution in [2.75, 3.05) is 31.1 Å². The lowest BCUT2D eigenvalue weighted by molar-refractivity contribution is -0.133. The fraction of sp³-hybridized carbons (Fsp3) is 0.500. The van der Waals surface area contributed by atoms with Gasteiger partial charge in [0.1, 0.15) is 5.82 Å². The highest BCUT2D eigenvalue weighted by molar-refractivity contribution is 7.13. The zero-order chi connectivity index (χ0) is 17.2. The molecule has 25 heavy (non-hydrogen) atoms. The highest BCUT2D eigenvalue weighted by Gasteiger charge is 2.26. The lowest BCUT2D eigenvalue weighted by Gasteiger charge is -2.35. The van der Waals surface area contributed by atoms with Crippen molar-refractivity contribution in [1.29, 1.82) is 0 Å². The van der Waals surface area contributed by atoms with Crippen LogP contribution in [-0.4, -0.2) is 53.3 Å². The number of amides is 2. The van der Waals surface area contributed by atoms with Crippen LogP contribution in [0, 0.1) is 0 Å². The van der Waals surface area contributed by atoms with Crippen LogP contribution in [0.5, 0.6) is 0 Å². The highest BCUT2D eigenvalue weighted by Crippen LogP contribution is 2.29. The molecule has 7 heteroatoms. The minimum absolute atomic E-state index is 0.00317. The summed E-state index contributed by atoms with van der Waals surface area (Å²) in [7, 11) is 0. The number of piperazine rings is 1. The van der Waals surface area contributed by atoms with Crippen molar-refractivity contribution >= 4 is 39.3 Å². The fourth-order valence-corrected chi connectivity index (χ4v) is 3.97. The molecule has 2 aliphatic rings. The fourth-order valence-electron chi connectivity index (χ4n) is 3.17. The molecule has 1 N–H and O–H groups in total. The van der Waals surface area contributed by atoms with Crippen LogP contribution in [0.25, 0.3) is 10.1 Å². The van der Waals surface area contributed by atoms with Gasteiger partial charge in [0.2, 0.25) is 11.8 Å². The minimum atomic E-state index is 0.00317. The zero-order valence-electron chi connectivity index (χ0n) is 14.1. The second-order valence-corrected chi connectivity index (χ2v) is 7.52. The first-order chi connectivity index (χ1) is 12.2. The summed E-state index contributed by atoms with van der Waals surface area (Å²) in [6, 6.07) is 8.61. The Labute approximate surface area is 151 Å². The van der Waals surface area contributed by atoms with Gasteiger partial charge in [0.25, 0.3) is 0 Å². The Morgan fingerprint density at radius 1 is 1.12 bits per heavy atom. The number of fused-ring (bicyclic) bond motifs is 1. The molecular weight excluding hydrogens is 336 g/mol. The molecule has 0 atom stereocenters. The summed E-state index contributed by atoms with van der Waals surface area (Å²) >= 11 is 1.52. The van der Waals surface area contributed by atoms with Gasteiger partial charge in [-0.15, -0.1) is 0 Å². The van der Waals surface area contributed by atoms with Crippen molar-refractivity contribution < 1.29 is 9.59 Å². The number of carbonyl (C=O) groups is 2. The predicted molar refractivity (Wildman–Crippen MR) is 98.8 cm³/mol. The summed E-state index contributed by atoms with van der Waals surface area (Å²) in [6.07, 6.45) is 2.75. The molecule has 1 saturated heterocycles. The monoisotopic (exact) mass is 358 g/mol. The molecule has 4 rings (SSSR count). The number of anilines is 1. The molecule has 2 amide bonds. The molecule has 2 aromatic rings. The molecule has 0 spiro atoms. The van der Waals surface area contributed by atoms with Gasteiger partial charge in [-0.3, -0.25) is 9.59 Å². The number of hydrogen-bond donors (Lipinski definition) is 1. The van der Waals surface area contributed by atoms with E-state index in [0.717, 1.165) is 31.7 Å². The molecule has 2 heterocycles. The van der Waals surface area contributed by atoms with E-state index in [1.54, 1.807) is 0 Å². The summed E-state index contributed by atoms with van der Waals surface area (Å²) in [5.74, 6) is 1.11. The molecule has 132 valence electrons. The van der Waals surface area contributed by atoms with Crippen LogP contribution in [-0.2, 0) is 9.59 Å². The van der Waals surface area contributed by atoms with Crippen molar-refractivity contribution in [3.8, 4) is 0 Å². The van der Waals surface area contributed by atoms with Gasteiger partial charge in [-0.2, -0.15) is 4.37 Å². The van der Waals surface area contributed by atoms with Gasteiger partial charge in [0.05, 0.1) is 4.70 Å². The second-order valence-electron chi connectivity index (χ2n) is 6.71. The van der Waals surface area contributed by atoms with Crippen molar-refractivity contribution in [3.05, 3.63) is 24.3 Å². The first-order valence-corrected chi connectivity index (χ1v) is 9.64. The molecule has 1 aromatic heterocycles. The smallest absolute Gasteiger partial charge is 0.223 e. The van der Waals surface area contributed by atoms with E-state index in [-0.39, 0.29) is 11.8 Å². The SMILES string of the molecule is O=C(CCC(=O)N1CCN(c2nsc3ccccc23)CC1)NC1CC1. The van der Waals surface area contributed by atoms with Crippen molar-refractivity contribution in [1.82, 2.24) is 14.6 Å². The summed E-state index contributed by atoms with van der Waals surface area (Å²) in [5, 5.41) is 4.11. The Hall–Kier alpha value is -2.15. The van der Waals surface area contributed by atoms with E-state index < -0.39 is 0 Å². The number of nitrogens with one attached hydrogen (secondary N) is 1. The number of benzene rings is 1. The van der Waals surface area contributed by atoms with Crippen LogP contribution < -0.4 is 10.2 Å². The first kappa shape index (κ1) is 16.3. The number of aromatic nitrogens is 1. The summed E-state index contributed by atoms with van der Waals surface area (Å²) in [6.45, 7) is 2.95.